The largest absolute Gasteiger partial charge is 0.507 e. The number of Topliss-reactive ketones (excluding diaryl/α,β-unsaturated/α-hetero) is 1. The third kappa shape index (κ3) is 9.24. The Morgan fingerprint density at radius 1 is 0.935 bits per heavy atom. The molecule has 6 aliphatic rings. The van der Waals surface area contributed by atoms with E-state index in [1.165, 1.54) is 66.5 Å². The minimum Gasteiger partial charge on any atom is -0.507 e. The highest BCUT2D eigenvalue weighted by Crippen LogP contribution is 2.52. The van der Waals surface area contributed by atoms with Gasteiger partial charge >= 0.3 is 17.7 Å². The van der Waals surface area contributed by atoms with Crippen LogP contribution in [0.5, 0.6) is 23.0 Å². The number of aliphatic hydroxyl groups excluding tert-OH is 2. The highest BCUT2D eigenvalue weighted by molar-refractivity contribution is 6.21. The molecule has 6 heterocycles. The van der Waals surface area contributed by atoms with E-state index in [-0.39, 0.29) is 104 Å². The summed E-state index contributed by atoms with van der Waals surface area (Å²) in [6, 6.07) is 0.915. The molecule has 6 N–H and O–H groups in total. The minimum absolute atomic E-state index is 0.000958. The maximum absolute atomic E-state index is 16.5. The molecule has 1 saturated heterocycles. The number of aromatic carboxylic acids is 1. The Morgan fingerprint density at radius 2 is 1.62 bits per heavy atom. The van der Waals surface area contributed by atoms with Gasteiger partial charge in [-0.3, -0.25) is 24.2 Å². The van der Waals surface area contributed by atoms with Crippen molar-refractivity contribution in [3.8, 4) is 23.0 Å². The van der Waals surface area contributed by atoms with Gasteiger partial charge in [-0.1, -0.05) is 45.9 Å². The second-order valence-electron chi connectivity index (χ2n) is 21.2. The number of hydrogen-bond donors (Lipinski definition) is 6. The van der Waals surface area contributed by atoms with Gasteiger partial charge < -0.3 is 64.0 Å². The molecule has 77 heavy (non-hydrogen) atoms. The number of carbonyl (C=O) groups excluding carboxylic acids is 3. The lowest BCUT2D eigenvalue weighted by Crippen LogP contribution is -2.47. The molecule has 1 saturated carbocycles. The fourth-order valence-electron chi connectivity index (χ4n) is 11.4. The summed E-state index contributed by atoms with van der Waals surface area (Å²) in [6.45, 7) is 12.7. The van der Waals surface area contributed by atoms with Crippen LogP contribution in [0.1, 0.15) is 106 Å². The SMILES string of the molecule is COc1c(N2CCC3(CC2)N=c2c(c4c5c6c(C)c(O)c4c(O)c2=NC(=O)/C(C)=C\C=C\[C@H](C)[C@H](O)[C@@H](C)[C@@H](O)[C@@H](C)[C@H](OC(C)=O)[C@H](C)[C@@H](OC)/C=C/O[C@@](C)(O6)C5=O)N3)c(F)cc2c(=O)c(C(=O)O)cn(C3CC3)c12. The summed E-state index contributed by atoms with van der Waals surface area (Å²) >= 11 is 0. The third-order valence-electron chi connectivity index (χ3n) is 16.1. The van der Waals surface area contributed by atoms with Crippen molar-refractivity contribution in [3.05, 3.63) is 91.8 Å². The summed E-state index contributed by atoms with van der Waals surface area (Å²) in [5, 5.41) is 60.2. The molecule has 3 aromatic carbocycles. The second-order valence-corrected chi connectivity index (χ2v) is 21.2. The average Bonchev–Trinajstić information content (AvgIpc) is 4.26. The number of anilines is 2. The van der Waals surface area contributed by atoms with E-state index in [1.807, 2.05) is 0 Å². The Balaban J connectivity index is 1.17. The highest BCUT2D eigenvalue weighted by Gasteiger charge is 2.51. The molecule has 0 unspecified atom stereocenters. The van der Waals surface area contributed by atoms with Crippen LogP contribution in [0, 0.1) is 36.4 Å². The number of methoxy groups -OCH3 is 2. The van der Waals surface area contributed by atoms with E-state index in [9.17, 15) is 44.7 Å². The van der Waals surface area contributed by atoms with Crippen molar-refractivity contribution in [1.82, 2.24) is 4.57 Å². The molecule has 2 fully saturated rings. The number of aromatic hydroxyl groups is 2. The van der Waals surface area contributed by atoms with Crippen LogP contribution in [-0.4, -0.2) is 117 Å². The number of phenolic OH excluding ortho intramolecular Hbond substituents is 2. The van der Waals surface area contributed by atoms with Gasteiger partial charge in [0.15, 0.2) is 17.3 Å². The summed E-state index contributed by atoms with van der Waals surface area (Å²) < 4.78 is 48.2. The van der Waals surface area contributed by atoms with Crippen molar-refractivity contribution in [3.63, 3.8) is 0 Å². The lowest BCUT2D eigenvalue weighted by atomic mass is 9.78. The van der Waals surface area contributed by atoms with Crippen LogP contribution in [0.15, 0.2) is 63.2 Å². The van der Waals surface area contributed by atoms with Crippen LogP contribution in [0.4, 0.5) is 15.8 Å². The number of esters is 1. The van der Waals surface area contributed by atoms with E-state index in [0.717, 1.165) is 18.9 Å². The number of ketones is 1. The zero-order valence-corrected chi connectivity index (χ0v) is 44.5. The second kappa shape index (κ2) is 20.2. The molecule has 410 valence electrons. The molecule has 1 amide bonds. The minimum atomic E-state index is -2.08. The normalized spacial score (nSPS) is 28.9. The highest BCUT2D eigenvalue weighted by atomic mass is 19.1. The predicted octanol–water partition coefficient (Wildman–Crippen LogP) is 5.79. The van der Waals surface area contributed by atoms with E-state index in [2.05, 4.69) is 10.3 Å². The number of carboxylic acids is 1. The number of amides is 1. The molecule has 1 aliphatic carbocycles. The number of carbonyl (C=O) groups is 4. The molecular formula is C56H64FN5O15. The smallest absolute Gasteiger partial charge is 0.341 e. The zero-order valence-electron chi connectivity index (χ0n) is 44.5. The van der Waals surface area contributed by atoms with E-state index >= 15 is 9.18 Å². The van der Waals surface area contributed by atoms with Crippen LogP contribution in [0.3, 0.4) is 0 Å². The maximum Gasteiger partial charge on any atom is 0.341 e. The molecular weight excluding hydrogens is 1000 g/mol. The van der Waals surface area contributed by atoms with Gasteiger partial charge in [0, 0.05) is 99.3 Å². The first-order valence-corrected chi connectivity index (χ1v) is 25.7. The number of benzene rings is 3. The van der Waals surface area contributed by atoms with Crippen LogP contribution in [0.2, 0.25) is 0 Å². The summed E-state index contributed by atoms with van der Waals surface area (Å²) in [4.78, 5) is 78.5. The van der Waals surface area contributed by atoms with Crippen molar-refractivity contribution in [2.24, 2.45) is 33.7 Å². The molecule has 5 aliphatic heterocycles. The quantitative estimate of drug-likeness (QED) is 0.0984. The van der Waals surface area contributed by atoms with Crippen molar-refractivity contribution in [2.75, 3.05) is 37.5 Å². The summed E-state index contributed by atoms with van der Waals surface area (Å²) in [5.74, 6) is -10.3. The lowest BCUT2D eigenvalue weighted by Gasteiger charge is -2.39. The van der Waals surface area contributed by atoms with Gasteiger partial charge in [-0.2, -0.15) is 0 Å². The molecule has 10 rings (SSSR count). The molecule has 1 aromatic heterocycles. The number of rotatable bonds is 6. The summed E-state index contributed by atoms with van der Waals surface area (Å²) in [6.07, 6.45) is 6.33. The Kier molecular flexibility index (Phi) is 14.3. The third-order valence-corrected chi connectivity index (χ3v) is 16.1. The zero-order chi connectivity index (χ0) is 55.9. The van der Waals surface area contributed by atoms with E-state index < -0.39 is 111 Å². The van der Waals surface area contributed by atoms with Crippen LogP contribution < -0.4 is 35.8 Å². The van der Waals surface area contributed by atoms with Crippen molar-refractivity contribution in [2.45, 2.75) is 123 Å². The van der Waals surface area contributed by atoms with Gasteiger partial charge in [0.1, 0.15) is 45.2 Å². The Morgan fingerprint density at radius 3 is 2.25 bits per heavy atom. The van der Waals surface area contributed by atoms with Gasteiger partial charge in [0.05, 0.1) is 59.2 Å². The fourth-order valence-corrected chi connectivity index (χ4v) is 11.4. The molecule has 0 radical (unpaired) electrons. The Labute approximate surface area is 441 Å². The Bertz CT molecular complexity index is 3450. The number of ether oxygens (including phenoxy) is 5. The monoisotopic (exact) mass is 1070 g/mol. The van der Waals surface area contributed by atoms with Gasteiger partial charge in [0.25, 0.3) is 11.7 Å². The molecule has 9 atom stereocenters. The topological polar surface area (TPSA) is 278 Å². The number of halogens is 1. The molecule has 21 heteroatoms. The fraction of sp³-hybridized carbons (Fsp3) is 0.482. The first-order chi connectivity index (χ1) is 36.4. The number of hydrogen-bond acceptors (Lipinski definition) is 17. The number of nitrogens with one attached hydrogen (secondary N) is 1. The van der Waals surface area contributed by atoms with Crippen molar-refractivity contribution in [1.29, 1.82) is 0 Å². The number of pyridine rings is 1. The van der Waals surface area contributed by atoms with E-state index in [1.54, 1.807) is 49.3 Å². The van der Waals surface area contributed by atoms with Crippen molar-refractivity contribution < 1.29 is 72.8 Å². The number of aliphatic hydroxyl groups is 2. The predicted molar refractivity (Wildman–Crippen MR) is 279 cm³/mol. The van der Waals surface area contributed by atoms with Gasteiger partial charge in [-0.25, -0.2) is 14.2 Å². The number of fused-ring (bicyclic) bond motifs is 14. The first-order valence-electron chi connectivity index (χ1n) is 25.7. The van der Waals surface area contributed by atoms with E-state index in [0.29, 0.717) is 0 Å². The van der Waals surface area contributed by atoms with E-state index in [4.69, 9.17) is 28.7 Å². The average molecular weight is 1070 g/mol. The summed E-state index contributed by atoms with van der Waals surface area (Å²) in [7, 11) is 2.78. The van der Waals surface area contributed by atoms with Crippen LogP contribution >= 0.6 is 0 Å². The van der Waals surface area contributed by atoms with Crippen LogP contribution in [-0.2, 0) is 23.8 Å². The van der Waals surface area contributed by atoms with Gasteiger partial charge in [-0.05, 0) is 38.8 Å². The molecule has 1 spiro atoms. The number of allylic oxidation sites excluding steroid dienone is 2. The van der Waals surface area contributed by atoms with Gasteiger partial charge in [0.2, 0.25) is 5.43 Å². The number of carboxylic acid groups (broad SMARTS) is 1. The lowest BCUT2D eigenvalue weighted by molar-refractivity contribution is -0.160. The van der Waals surface area contributed by atoms with Gasteiger partial charge in [-0.15, -0.1) is 0 Å². The standard InChI is InChI=1S/C56H64FN5O15/c1-24-12-11-13-25(2)53(70)58-41-40-39(59-56(60-40)17-19-61(20-18-56)43-34(57)22-32-42(51(43)74-10)62(31-14-15-31)23-33(47(32)67)54(71)72)36-37(48(41)68)46(66)29(6)50-38(36)52(69)55(8,77-50)75-21-16-35(73-9)26(3)49(76-30(7)63)28(5)45(65)27(4)44(24)64/h11-13,16,21-24,26-28,31,35,44-45,49,59,64-66,68H,14-15,17-20H2,1-10H3,(H,71,72)/b12-11+,21-16+,25-13-,58-41?/t24-,26+,27+,28+,35-,44-,45+,49+,55-/m0/s1. The molecule has 4 aromatic rings. The Hall–Kier alpha value is -7.36. The number of piperidine rings is 1. The van der Waals surface area contributed by atoms with Crippen molar-refractivity contribution >= 4 is 56.7 Å². The number of phenols is 2. The molecule has 20 nitrogen and oxygen atoms in total. The number of nitrogens with zero attached hydrogens (tertiary/aromatic N) is 4. The maximum atomic E-state index is 16.5. The number of aromatic nitrogens is 1. The summed E-state index contributed by atoms with van der Waals surface area (Å²) in [5.41, 5.74) is -2.07. The molecule has 5 bridgehead atoms. The first kappa shape index (κ1) is 54.4. The van der Waals surface area contributed by atoms with Crippen LogP contribution in [0.25, 0.3) is 21.7 Å².